The van der Waals surface area contributed by atoms with Gasteiger partial charge in [0.1, 0.15) is 17.3 Å². The van der Waals surface area contributed by atoms with Crippen molar-refractivity contribution >= 4 is 22.2 Å². The number of halogens is 2. The zero-order valence-corrected chi connectivity index (χ0v) is 14.7. The molecule has 0 N–H and O–H groups in total. The first kappa shape index (κ1) is 17.1. The summed E-state index contributed by atoms with van der Waals surface area (Å²) in [4.78, 5) is 6.95. The molecule has 1 atom stereocenters. The van der Waals surface area contributed by atoms with Gasteiger partial charge in [0.05, 0.1) is 18.5 Å². The smallest absolute Gasteiger partial charge is 0.152 e. The van der Waals surface area contributed by atoms with Crippen molar-refractivity contribution in [2.24, 2.45) is 5.16 Å². The normalized spacial score (nSPS) is 20.9. The molecule has 0 bridgehead atoms. The second-order valence-electron chi connectivity index (χ2n) is 6.22. The highest BCUT2D eigenvalue weighted by molar-refractivity contribution is 7.85. The van der Waals surface area contributed by atoms with Gasteiger partial charge in [-0.15, -0.1) is 5.10 Å². The van der Waals surface area contributed by atoms with Crippen molar-refractivity contribution < 1.29 is 17.8 Å². The van der Waals surface area contributed by atoms with Crippen molar-refractivity contribution in [1.82, 2.24) is 15.0 Å². The Morgan fingerprint density at radius 3 is 2.62 bits per heavy atom. The average Bonchev–Trinajstić information content (AvgIpc) is 3.28. The van der Waals surface area contributed by atoms with Crippen molar-refractivity contribution in [3.05, 3.63) is 41.7 Å². The lowest BCUT2D eigenvalue weighted by Gasteiger charge is -2.29. The molecule has 0 radical (unpaired) electrons. The molecule has 0 aliphatic carbocycles. The number of benzene rings is 1. The first-order valence-corrected chi connectivity index (χ1v) is 9.75. The predicted octanol–water partition coefficient (Wildman–Crippen LogP) is 1.32. The second-order valence-corrected chi connectivity index (χ2v) is 7.91. The third kappa shape index (κ3) is 3.46. The van der Waals surface area contributed by atoms with E-state index in [1.807, 2.05) is 0 Å². The Hall–Kier alpha value is -2.36. The minimum absolute atomic E-state index is 0.0656. The van der Waals surface area contributed by atoms with Crippen LogP contribution in [0, 0.1) is 11.6 Å². The zero-order valence-electron chi connectivity index (χ0n) is 13.8. The maximum atomic E-state index is 14.6. The number of nitrogens with zero attached hydrogens (tertiary/aromatic N) is 5. The Labute approximate surface area is 151 Å². The summed E-state index contributed by atoms with van der Waals surface area (Å²) in [5.74, 6) is -0.443. The van der Waals surface area contributed by atoms with E-state index in [9.17, 15) is 13.0 Å². The van der Waals surface area contributed by atoms with Gasteiger partial charge in [0, 0.05) is 53.6 Å². The molecule has 0 spiro atoms. The Morgan fingerprint density at radius 2 is 1.96 bits per heavy atom. The van der Waals surface area contributed by atoms with Crippen LogP contribution in [-0.2, 0) is 22.2 Å². The van der Waals surface area contributed by atoms with Crippen LogP contribution in [0.2, 0.25) is 0 Å². The van der Waals surface area contributed by atoms with Crippen LogP contribution in [0.3, 0.4) is 0 Å². The summed E-state index contributed by atoms with van der Waals surface area (Å²) in [5.41, 5.74) is 0.800. The molecule has 1 aromatic carbocycles. The van der Waals surface area contributed by atoms with Crippen LogP contribution in [0.1, 0.15) is 12.0 Å². The van der Waals surface area contributed by atoms with Crippen LogP contribution in [0.25, 0.3) is 0 Å². The molecule has 3 heterocycles. The van der Waals surface area contributed by atoms with Crippen LogP contribution in [-0.4, -0.2) is 55.6 Å². The molecule has 2 aromatic rings. The van der Waals surface area contributed by atoms with E-state index in [-0.39, 0.29) is 11.8 Å². The molecule has 26 heavy (non-hydrogen) atoms. The predicted molar refractivity (Wildman–Crippen MR) is 92.5 cm³/mol. The van der Waals surface area contributed by atoms with Gasteiger partial charge in [0.25, 0.3) is 0 Å². The van der Waals surface area contributed by atoms with Crippen molar-refractivity contribution in [2.45, 2.75) is 19.1 Å². The average molecular weight is 381 g/mol. The molecule has 138 valence electrons. The van der Waals surface area contributed by atoms with E-state index in [2.05, 4.69) is 15.5 Å². The van der Waals surface area contributed by atoms with E-state index in [1.54, 1.807) is 22.0 Å². The fourth-order valence-electron chi connectivity index (χ4n) is 3.13. The van der Waals surface area contributed by atoms with E-state index >= 15 is 0 Å². The van der Waals surface area contributed by atoms with Gasteiger partial charge in [-0.1, -0.05) is 10.4 Å². The Kier molecular flexibility index (Phi) is 4.66. The molecule has 1 fully saturated rings. The van der Waals surface area contributed by atoms with E-state index < -0.39 is 22.4 Å². The van der Waals surface area contributed by atoms with Crippen molar-refractivity contribution in [2.75, 3.05) is 29.5 Å². The van der Waals surface area contributed by atoms with Crippen molar-refractivity contribution in [1.29, 1.82) is 0 Å². The number of rotatable bonds is 4. The van der Waals surface area contributed by atoms with Gasteiger partial charge < -0.3 is 9.74 Å². The summed E-state index contributed by atoms with van der Waals surface area (Å²) in [6, 6.07) is 2.56. The minimum Gasteiger partial charge on any atom is -0.390 e. The largest absolute Gasteiger partial charge is 0.390 e. The van der Waals surface area contributed by atoms with Gasteiger partial charge in [-0.25, -0.2) is 13.5 Å². The number of hydrogen-bond acceptors (Lipinski definition) is 6. The molecule has 2 aliphatic rings. The maximum Gasteiger partial charge on any atom is 0.152 e. The summed E-state index contributed by atoms with van der Waals surface area (Å²) in [6.07, 6.45) is 3.45. The Bertz CT molecular complexity index is 825. The summed E-state index contributed by atoms with van der Waals surface area (Å²) in [6.45, 7) is 1.22. The van der Waals surface area contributed by atoms with Crippen LogP contribution in [0.4, 0.5) is 14.5 Å². The molecule has 1 saturated heterocycles. The van der Waals surface area contributed by atoms with E-state index in [0.717, 1.165) is 0 Å². The zero-order chi connectivity index (χ0) is 18.1. The number of oxime groups is 1. The molecule has 1 aromatic heterocycles. The molecule has 0 saturated carbocycles. The van der Waals surface area contributed by atoms with Gasteiger partial charge in [-0.05, 0) is 12.1 Å². The van der Waals surface area contributed by atoms with Crippen LogP contribution < -0.4 is 4.90 Å². The SMILES string of the molecule is O=S1CCN(c2c(F)cc(C3=NOC(Cn4ccnn4)C3)cc2F)CC1. The van der Waals surface area contributed by atoms with Gasteiger partial charge >= 0.3 is 0 Å². The lowest BCUT2D eigenvalue weighted by molar-refractivity contribution is 0.0693. The summed E-state index contributed by atoms with van der Waals surface area (Å²) in [7, 11) is -0.906. The standard InChI is InChI=1S/C16H17F2N5O2S/c17-13-7-11(8-14(18)16(13)22-3-5-26(24)6-4-22)15-9-12(25-20-15)10-23-2-1-19-21-23/h1-2,7-8,12H,3-6,9-10H2. The molecular formula is C16H17F2N5O2S. The van der Waals surface area contributed by atoms with Crippen molar-refractivity contribution in [3.63, 3.8) is 0 Å². The number of anilines is 1. The van der Waals surface area contributed by atoms with Gasteiger partial charge in [-0.3, -0.25) is 4.21 Å². The quantitative estimate of drug-likeness (QED) is 0.799. The fourth-order valence-corrected chi connectivity index (χ4v) is 4.18. The molecule has 7 nitrogen and oxygen atoms in total. The van der Waals surface area contributed by atoms with Crippen LogP contribution in [0.5, 0.6) is 0 Å². The molecule has 2 aliphatic heterocycles. The fraction of sp³-hybridized carbons (Fsp3) is 0.438. The molecule has 4 rings (SSSR count). The monoisotopic (exact) mass is 381 g/mol. The van der Waals surface area contributed by atoms with E-state index in [1.165, 1.54) is 12.1 Å². The van der Waals surface area contributed by atoms with Gasteiger partial charge in [-0.2, -0.15) is 0 Å². The highest BCUT2D eigenvalue weighted by atomic mass is 32.2. The van der Waals surface area contributed by atoms with E-state index in [0.29, 0.717) is 48.8 Å². The minimum atomic E-state index is -0.906. The van der Waals surface area contributed by atoms with Gasteiger partial charge in [0.15, 0.2) is 6.10 Å². The topological polar surface area (TPSA) is 72.6 Å². The highest BCUT2D eigenvalue weighted by Crippen LogP contribution is 2.28. The van der Waals surface area contributed by atoms with Gasteiger partial charge in [0.2, 0.25) is 0 Å². The molecule has 10 heteroatoms. The first-order chi connectivity index (χ1) is 12.6. The van der Waals surface area contributed by atoms with Crippen LogP contribution >= 0.6 is 0 Å². The Balaban J connectivity index is 1.49. The summed E-state index contributed by atoms with van der Waals surface area (Å²) >= 11 is 0. The van der Waals surface area contributed by atoms with Crippen LogP contribution in [0.15, 0.2) is 29.7 Å². The first-order valence-electron chi connectivity index (χ1n) is 8.26. The van der Waals surface area contributed by atoms with Crippen molar-refractivity contribution in [3.8, 4) is 0 Å². The lowest BCUT2D eigenvalue weighted by atomic mass is 10.0. The highest BCUT2D eigenvalue weighted by Gasteiger charge is 2.27. The number of hydrogen-bond donors (Lipinski definition) is 0. The van der Waals surface area contributed by atoms with E-state index in [4.69, 9.17) is 4.84 Å². The maximum absolute atomic E-state index is 14.6. The Morgan fingerprint density at radius 1 is 1.23 bits per heavy atom. The molecule has 0 amide bonds. The lowest BCUT2D eigenvalue weighted by Crippen LogP contribution is -2.38. The molecular weight excluding hydrogens is 364 g/mol. The second kappa shape index (κ2) is 7.10. The summed E-state index contributed by atoms with van der Waals surface area (Å²) in [5, 5.41) is 11.6. The third-order valence-electron chi connectivity index (χ3n) is 4.44. The molecule has 1 unspecified atom stereocenters. The third-order valence-corrected chi connectivity index (χ3v) is 5.72. The number of aromatic nitrogens is 3. The summed E-state index contributed by atoms with van der Waals surface area (Å²) < 4.78 is 42.2.